The Morgan fingerprint density at radius 1 is 1.07 bits per heavy atom. The molecule has 30 heavy (non-hydrogen) atoms. The molecule has 0 bridgehead atoms. The van der Waals surface area contributed by atoms with E-state index in [9.17, 15) is 4.79 Å². The Hall–Kier alpha value is -2.92. The van der Waals surface area contributed by atoms with E-state index in [2.05, 4.69) is 72.3 Å². The van der Waals surface area contributed by atoms with E-state index in [1.165, 1.54) is 42.7 Å². The van der Waals surface area contributed by atoms with Gasteiger partial charge in [0.25, 0.3) is 0 Å². The number of amides is 1. The SMILES string of the molecule is CCOC(=O)N1CCc2c(c3cccc(Sc4ccc5ccccc5c4)c3n2C)C1. The van der Waals surface area contributed by atoms with E-state index in [-0.39, 0.29) is 6.09 Å². The third-order valence-corrected chi connectivity index (χ3v) is 6.89. The van der Waals surface area contributed by atoms with Crippen LogP contribution in [0, 0.1) is 0 Å². The number of rotatable bonds is 3. The first-order valence-corrected chi connectivity index (χ1v) is 11.1. The Balaban J connectivity index is 1.54. The van der Waals surface area contributed by atoms with Crippen molar-refractivity contribution < 1.29 is 9.53 Å². The van der Waals surface area contributed by atoms with E-state index in [4.69, 9.17) is 4.74 Å². The maximum atomic E-state index is 12.3. The normalized spacial score (nSPS) is 13.6. The van der Waals surface area contributed by atoms with Crippen LogP contribution < -0.4 is 0 Å². The zero-order valence-electron chi connectivity index (χ0n) is 17.2. The molecule has 0 aliphatic carbocycles. The van der Waals surface area contributed by atoms with E-state index < -0.39 is 0 Å². The molecule has 0 saturated carbocycles. The van der Waals surface area contributed by atoms with E-state index >= 15 is 0 Å². The summed E-state index contributed by atoms with van der Waals surface area (Å²) in [4.78, 5) is 16.5. The van der Waals surface area contributed by atoms with Crippen LogP contribution in [0.2, 0.25) is 0 Å². The summed E-state index contributed by atoms with van der Waals surface area (Å²) in [5.41, 5.74) is 3.80. The van der Waals surface area contributed by atoms with Gasteiger partial charge in [0.15, 0.2) is 0 Å². The van der Waals surface area contributed by atoms with Crippen molar-refractivity contribution in [2.24, 2.45) is 7.05 Å². The molecule has 152 valence electrons. The van der Waals surface area contributed by atoms with Crippen molar-refractivity contribution in [1.29, 1.82) is 0 Å². The summed E-state index contributed by atoms with van der Waals surface area (Å²) >= 11 is 1.80. The van der Waals surface area contributed by atoms with Crippen LogP contribution in [-0.2, 0) is 24.8 Å². The molecule has 0 saturated heterocycles. The van der Waals surface area contributed by atoms with Crippen LogP contribution in [0.4, 0.5) is 4.79 Å². The van der Waals surface area contributed by atoms with Crippen molar-refractivity contribution in [2.75, 3.05) is 13.2 Å². The number of hydrogen-bond acceptors (Lipinski definition) is 3. The summed E-state index contributed by atoms with van der Waals surface area (Å²) in [6.45, 7) is 3.56. The highest BCUT2D eigenvalue weighted by Crippen LogP contribution is 2.39. The first kappa shape index (κ1) is 19.1. The third kappa shape index (κ3) is 3.23. The smallest absolute Gasteiger partial charge is 0.410 e. The number of para-hydroxylation sites is 1. The van der Waals surface area contributed by atoms with Crippen LogP contribution in [0.25, 0.3) is 21.7 Å². The molecule has 1 aliphatic heterocycles. The number of aryl methyl sites for hydroxylation is 1. The van der Waals surface area contributed by atoms with Gasteiger partial charge < -0.3 is 14.2 Å². The highest BCUT2D eigenvalue weighted by atomic mass is 32.2. The molecule has 0 spiro atoms. The number of nitrogens with zero attached hydrogens (tertiary/aromatic N) is 2. The minimum Gasteiger partial charge on any atom is -0.450 e. The molecule has 1 amide bonds. The van der Waals surface area contributed by atoms with Crippen LogP contribution in [0.1, 0.15) is 18.2 Å². The van der Waals surface area contributed by atoms with Gasteiger partial charge in [-0.05, 0) is 35.9 Å². The second-order valence-corrected chi connectivity index (χ2v) is 8.73. The zero-order chi connectivity index (χ0) is 20.7. The molecule has 1 aliphatic rings. The van der Waals surface area contributed by atoms with E-state index in [0.717, 1.165) is 6.42 Å². The Labute approximate surface area is 180 Å². The summed E-state index contributed by atoms with van der Waals surface area (Å²) in [7, 11) is 2.14. The average molecular weight is 417 g/mol. The monoisotopic (exact) mass is 416 g/mol. The van der Waals surface area contributed by atoms with Crippen molar-refractivity contribution in [2.45, 2.75) is 29.7 Å². The zero-order valence-corrected chi connectivity index (χ0v) is 18.0. The quantitative estimate of drug-likeness (QED) is 0.411. The van der Waals surface area contributed by atoms with E-state index in [1.54, 1.807) is 11.8 Å². The van der Waals surface area contributed by atoms with Crippen LogP contribution in [0.15, 0.2) is 70.5 Å². The van der Waals surface area contributed by atoms with Gasteiger partial charge in [-0.3, -0.25) is 0 Å². The molecule has 0 radical (unpaired) electrons. The fourth-order valence-electron chi connectivity index (χ4n) is 4.42. The fraction of sp³-hybridized carbons (Fsp3) is 0.240. The molecule has 4 nitrogen and oxygen atoms in total. The number of benzene rings is 3. The van der Waals surface area contributed by atoms with Crippen LogP contribution >= 0.6 is 11.8 Å². The lowest BCUT2D eigenvalue weighted by atomic mass is 10.0. The van der Waals surface area contributed by atoms with Crippen LogP contribution in [0.5, 0.6) is 0 Å². The van der Waals surface area contributed by atoms with Crippen molar-refractivity contribution in [3.05, 3.63) is 71.9 Å². The maximum absolute atomic E-state index is 12.3. The Morgan fingerprint density at radius 3 is 2.73 bits per heavy atom. The van der Waals surface area contributed by atoms with Crippen molar-refractivity contribution >= 4 is 39.5 Å². The van der Waals surface area contributed by atoms with Crippen molar-refractivity contribution in [1.82, 2.24) is 9.47 Å². The lowest BCUT2D eigenvalue weighted by Crippen LogP contribution is -2.36. The molecule has 2 heterocycles. The highest BCUT2D eigenvalue weighted by molar-refractivity contribution is 7.99. The second-order valence-electron chi connectivity index (χ2n) is 7.62. The fourth-order valence-corrected chi connectivity index (χ4v) is 5.49. The van der Waals surface area contributed by atoms with E-state index in [0.29, 0.717) is 19.7 Å². The molecule has 5 rings (SSSR count). The predicted octanol–water partition coefficient (Wildman–Crippen LogP) is 6.00. The first-order valence-electron chi connectivity index (χ1n) is 10.3. The number of aromatic nitrogens is 1. The molecule has 5 heteroatoms. The molecule has 0 unspecified atom stereocenters. The number of carbonyl (C=O) groups excluding carboxylic acids is 1. The van der Waals surface area contributed by atoms with Gasteiger partial charge in [0, 0.05) is 46.4 Å². The highest BCUT2D eigenvalue weighted by Gasteiger charge is 2.27. The van der Waals surface area contributed by atoms with Gasteiger partial charge in [-0.2, -0.15) is 0 Å². The minimum atomic E-state index is -0.221. The number of ether oxygens (including phenoxy) is 1. The molecule has 0 N–H and O–H groups in total. The second kappa shape index (κ2) is 7.73. The molecule has 0 fully saturated rings. The molecule has 4 aromatic rings. The lowest BCUT2D eigenvalue weighted by Gasteiger charge is -2.27. The molecular weight excluding hydrogens is 392 g/mol. The number of fused-ring (bicyclic) bond motifs is 4. The molecule has 0 atom stereocenters. The number of carbonyl (C=O) groups is 1. The van der Waals surface area contributed by atoms with Crippen LogP contribution in [0.3, 0.4) is 0 Å². The Morgan fingerprint density at radius 2 is 1.90 bits per heavy atom. The lowest BCUT2D eigenvalue weighted by molar-refractivity contribution is 0.102. The van der Waals surface area contributed by atoms with Gasteiger partial charge in [0.1, 0.15) is 0 Å². The van der Waals surface area contributed by atoms with Gasteiger partial charge in [-0.15, -0.1) is 0 Å². The molecular formula is C25H24N2O2S. The van der Waals surface area contributed by atoms with Gasteiger partial charge in [0.05, 0.1) is 18.7 Å². The molecule has 1 aromatic heterocycles. The van der Waals surface area contributed by atoms with Gasteiger partial charge >= 0.3 is 6.09 Å². The van der Waals surface area contributed by atoms with Crippen molar-refractivity contribution in [3.8, 4) is 0 Å². The van der Waals surface area contributed by atoms with E-state index in [1.807, 2.05) is 11.8 Å². The van der Waals surface area contributed by atoms with Crippen molar-refractivity contribution in [3.63, 3.8) is 0 Å². The first-order chi connectivity index (χ1) is 14.7. The summed E-state index contributed by atoms with van der Waals surface area (Å²) in [6.07, 6.45) is 0.626. The van der Waals surface area contributed by atoms with Gasteiger partial charge in [-0.25, -0.2) is 4.79 Å². The summed E-state index contributed by atoms with van der Waals surface area (Å²) in [5.74, 6) is 0. The molecule has 3 aromatic carbocycles. The predicted molar refractivity (Wildman–Crippen MR) is 122 cm³/mol. The van der Waals surface area contributed by atoms with Crippen LogP contribution in [-0.4, -0.2) is 28.7 Å². The third-order valence-electron chi connectivity index (χ3n) is 5.86. The largest absolute Gasteiger partial charge is 0.450 e. The minimum absolute atomic E-state index is 0.221. The summed E-state index contributed by atoms with van der Waals surface area (Å²) in [6, 6.07) is 21.6. The number of hydrogen-bond donors (Lipinski definition) is 0. The topological polar surface area (TPSA) is 34.5 Å². The van der Waals surface area contributed by atoms with Gasteiger partial charge in [-0.1, -0.05) is 54.2 Å². The Kier molecular flexibility index (Phi) is 4.91. The summed E-state index contributed by atoms with van der Waals surface area (Å²) in [5, 5.41) is 3.74. The average Bonchev–Trinajstić information content (AvgIpc) is 3.06. The Bertz CT molecular complexity index is 1260. The maximum Gasteiger partial charge on any atom is 0.410 e. The standard InChI is InChI=1S/C25H24N2O2S/c1-3-29-25(28)27-14-13-22-21(16-27)20-9-6-10-23(24(20)26(22)2)30-19-12-11-17-7-4-5-8-18(17)15-19/h4-12,15H,3,13-14,16H2,1-2H3. The van der Waals surface area contributed by atoms with Gasteiger partial charge in [0.2, 0.25) is 0 Å². The summed E-state index contributed by atoms with van der Waals surface area (Å²) < 4.78 is 7.55.